The molecule has 140 valence electrons. The van der Waals surface area contributed by atoms with E-state index in [1.165, 1.54) is 6.07 Å². The Morgan fingerprint density at radius 1 is 0.857 bits per heavy atom. The molecule has 0 N–H and O–H groups in total. The van der Waals surface area contributed by atoms with Crippen molar-refractivity contribution in [2.45, 2.75) is 5.75 Å². The van der Waals surface area contributed by atoms with Crippen LogP contribution in [0.15, 0.2) is 83.9 Å². The Morgan fingerprint density at radius 2 is 1.61 bits per heavy atom. The van der Waals surface area contributed by atoms with E-state index in [1.807, 2.05) is 30.3 Å². The van der Waals surface area contributed by atoms with Gasteiger partial charge in [-0.1, -0.05) is 30.3 Å². The quantitative estimate of drug-likeness (QED) is 0.526. The van der Waals surface area contributed by atoms with Crippen LogP contribution in [0.3, 0.4) is 0 Å². The molecule has 2 aromatic heterocycles. The van der Waals surface area contributed by atoms with Gasteiger partial charge in [0.25, 0.3) is 0 Å². The van der Waals surface area contributed by atoms with Crippen molar-refractivity contribution in [1.29, 1.82) is 0 Å². The molecule has 0 saturated heterocycles. The molecule has 0 aliphatic carbocycles. The van der Waals surface area contributed by atoms with Gasteiger partial charge in [0.15, 0.2) is 5.69 Å². The molecule has 8 heteroatoms. The van der Waals surface area contributed by atoms with Crippen molar-refractivity contribution in [3.8, 4) is 22.8 Å². The minimum Gasteiger partial charge on any atom is -0.287 e. The fraction of sp³-hybridized carbons (Fsp3) is 0.0500. The first-order valence-electron chi connectivity index (χ1n) is 8.53. The molecule has 0 spiro atoms. The molecule has 0 bridgehead atoms. The SMILES string of the molecule is O=c1ccn(-c2ccc(C[SH](=O)=O)cc2)nc1-c1ccnn1-c1ccccc1. The monoisotopic (exact) mass is 392 g/mol. The molecule has 0 aliphatic rings. The fourth-order valence-corrected chi connectivity index (χ4v) is 3.40. The first kappa shape index (κ1) is 17.9. The third-order valence-electron chi connectivity index (χ3n) is 4.21. The molecule has 4 aromatic rings. The van der Waals surface area contributed by atoms with Crippen molar-refractivity contribution in [3.63, 3.8) is 0 Å². The lowest BCUT2D eigenvalue weighted by Gasteiger charge is -2.10. The third kappa shape index (κ3) is 3.63. The molecule has 28 heavy (non-hydrogen) atoms. The second-order valence-electron chi connectivity index (χ2n) is 6.09. The first-order valence-corrected chi connectivity index (χ1v) is 9.89. The number of para-hydroxylation sites is 1. The number of hydrogen-bond donors (Lipinski definition) is 1. The van der Waals surface area contributed by atoms with Crippen LogP contribution in [0.25, 0.3) is 22.8 Å². The lowest BCUT2D eigenvalue weighted by Crippen LogP contribution is -2.14. The smallest absolute Gasteiger partial charge is 0.209 e. The van der Waals surface area contributed by atoms with Crippen molar-refractivity contribution in [1.82, 2.24) is 19.6 Å². The molecule has 0 amide bonds. The summed E-state index contributed by atoms with van der Waals surface area (Å²) in [5, 5.41) is 8.80. The zero-order chi connectivity index (χ0) is 19.5. The summed E-state index contributed by atoms with van der Waals surface area (Å²) in [5.74, 6) is -0.00524. The summed E-state index contributed by atoms with van der Waals surface area (Å²) in [4.78, 5) is 12.5. The van der Waals surface area contributed by atoms with Crippen LogP contribution in [0, 0.1) is 0 Å². The maximum atomic E-state index is 12.5. The minimum atomic E-state index is -2.47. The van der Waals surface area contributed by atoms with E-state index in [9.17, 15) is 13.2 Å². The van der Waals surface area contributed by atoms with E-state index in [2.05, 4.69) is 10.2 Å². The lowest BCUT2D eigenvalue weighted by atomic mass is 10.2. The van der Waals surface area contributed by atoms with Crippen LogP contribution in [0.5, 0.6) is 0 Å². The summed E-state index contributed by atoms with van der Waals surface area (Å²) < 4.78 is 25.0. The van der Waals surface area contributed by atoms with Crippen molar-refractivity contribution in [2.75, 3.05) is 0 Å². The van der Waals surface area contributed by atoms with E-state index in [0.717, 1.165) is 11.4 Å². The number of benzene rings is 2. The van der Waals surface area contributed by atoms with Gasteiger partial charge in [0, 0.05) is 12.3 Å². The zero-order valence-electron chi connectivity index (χ0n) is 14.7. The summed E-state index contributed by atoms with van der Waals surface area (Å²) in [6.45, 7) is 0. The van der Waals surface area contributed by atoms with E-state index in [1.54, 1.807) is 52.1 Å². The van der Waals surface area contributed by atoms with Gasteiger partial charge in [-0.3, -0.25) is 4.79 Å². The molecular formula is C20H16N4O3S. The molecule has 7 nitrogen and oxygen atoms in total. The predicted octanol–water partition coefficient (Wildman–Crippen LogP) is 2.20. The van der Waals surface area contributed by atoms with Crippen LogP contribution in [-0.2, 0) is 16.5 Å². The Kier molecular flexibility index (Phi) is 4.86. The maximum absolute atomic E-state index is 12.5. The van der Waals surface area contributed by atoms with Gasteiger partial charge >= 0.3 is 0 Å². The van der Waals surface area contributed by atoms with Gasteiger partial charge in [-0.05, 0) is 35.9 Å². The second-order valence-corrected chi connectivity index (χ2v) is 7.08. The molecule has 0 saturated carbocycles. The van der Waals surface area contributed by atoms with Gasteiger partial charge in [0.05, 0.1) is 29.0 Å². The third-order valence-corrected chi connectivity index (χ3v) is 4.83. The molecule has 0 radical (unpaired) electrons. The standard InChI is InChI=1S/C20H16N4O3S/c25-19-11-13-23(16-8-6-15(7-9-16)14-28(26)27)22-20(19)18-10-12-21-24(18)17-4-2-1-3-5-17/h1-13,28H,14H2. The summed E-state index contributed by atoms with van der Waals surface area (Å²) in [6, 6.07) is 19.7. The summed E-state index contributed by atoms with van der Waals surface area (Å²) in [5.41, 5.74) is 2.89. The second kappa shape index (κ2) is 7.61. The molecule has 2 heterocycles. The van der Waals surface area contributed by atoms with Gasteiger partial charge in [0.2, 0.25) is 5.43 Å². The largest absolute Gasteiger partial charge is 0.287 e. The number of nitrogens with zero attached hydrogens (tertiary/aromatic N) is 4. The Balaban J connectivity index is 1.75. The molecule has 0 aliphatic heterocycles. The average Bonchev–Trinajstić information content (AvgIpc) is 3.19. The summed E-state index contributed by atoms with van der Waals surface area (Å²) >= 11 is 0. The Labute approximate surface area is 162 Å². The van der Waals surface area contributed by atoms with Crippen molar-refractivity contribution in [3.05, 3.63) is 94.9 Å². The van der Waals surface area contributed by atoms with Crippen LogP contribution in [0.2, 0.25) is 0 Å². The van der Waals surface area contributed by atoms with Crippen LogP contribution >= 0.6 is 0 Å². The Hall–Kier alpha value is -3.52. The molecule has 2 aromatic carbocycles. The van der Waals surface area contributed by atoms with E-state index >= 15 is 0 Å². The van der Waals surface area contributed by atoms with Crippen molar-refractivity contribution >= 4 is 10.7 Å². The molecule has 0 fully saturated rings. The minimum absolute atomic E-state index is 0.00524. The molecule has 0 atom stereocenters. The highest BCUT2D eigenvalue weighted by molar-refractivity contribution is 7.71. The number of thiol groups is 1. The lowest BCUT2D eigenvalue weighted by molar-refractivity contribution is 0.614. The van der Waals surface area contributed by atoms with Gasteiger partial charge in [-0.2, -0.15) is 10.2 Å². The van der Waals surface area contributed by atoms with Crippen molar-refractivity contribution in [2.24, 2.45) is 0 Å². The van der Waals surface area contributed by atoms with Gasteiger partial charge in [-0.25, -0.2) is 17.8 Å². The number of rotatable bonds is 5. The Morgan fingerprint density at radius 3 is 2.32 bits per heavy atom. The van der Waals surface area contributed by atoms with Crippen LogP contribution < -0.4 is 5.43 Å². The highest BCUT2D eigenvalue weighted by Gasteiger charge is 2.13. The van der Waals surface area contributed by atoms with E-state index in [4.69, 9.17) is 0 Å². The predicted molar refractivity (Wildman–Crippen MR) is 106 cm³/mol. The fourth-order valence-electron chi connectivity index (χ4n) is 2.89. The average molecular weight is 392 g/mol. The van der Waals surface area contributed by atoms with Gasteiger partial charge < -0.3 is 0 Å². The molecular weight excluding hydrogens is 376 g/mol. The zero-order valence-corrected chi connectivity index (χ0v) is 15.6. The van der Waals surface area contributed by atoms with Crippen LogP contribution in [0.1, 0.15) is 5.56 Å². The van der Waals surface area contributed by atoms with Gasteiger partial charge in [-0.15, -0.1) is 0 Å². The Bertz CT molecular complexity index is 1230. The molecule has 4 rings (SSSR count). The summed E-state index contributed by atoms with van der Waals surface area (Å²) in [6.07, 6.45) is 3.21. The van der Waals surface area contributed by atoms with Crippen molar-refractivity contribution < 1.29 is 8.42 Å². The molecule has 0 unspecified atom stereocenters. The number of aromatic nitrogens is 4. The maximum Gasteiger partial charge on any atom is 0.209 e. The number of hydrogen-bond acceptors (Lipinski definition) is 5. The highest BCUT2D eigenvalue weighted by Crippen LogP contribution is 2.18. The van der Waals surface area contributed by atoms with Crippen LogP contribution in [0.4, 0.5) is 0 Å². The van der Waals surface area contributed by atoms with E-state index < -0.39 is 10.7 Å². The topological polar surface area (TPSA) is 86.8 Å². The first-order chi connectivity index (χ1) is 13.6. The van der Waals surface area contributed by atoms with Gasteiger partial charge in [0.1, 0.15) is 10.7 Å². The highest BCUT2D eigenvalue weighted by atomic mass is 32.2. The van der Waals surface area contributed by atoms with Crippen LogP contribution in [-0.4, -0.2) is 28.0 Å². The normalized spacial score (nSPS) is 11.0. The summed E-state index contributed by atoms with van der Waals surface area (Å²) in [7, 11) is -2.47. The van der Waals surface area contributed by atoms with E-state index in [0.29, 0.717) is 11.3 Å². The van der Waals surface area contributed by atoms with E-state index in [-0.39, 0.29) is 16.9 Å².